The van der Waals surface area contributed by atoms with Crippen LogP contribution in [0.25, 0.3) is 0 Å². The average molecular weight is 324 g/mol. The third kappa shape index (κ3) is 7.71. The summed E-state index contributed by atoms with van der Waals surface area (Å²) in [5.74, 6) is 0.814. The Labute approximate surface area is 137 Å². The molecular formula is C17H33N3OSi. The number of hydrogen-bond acceptors (Lipinski definition) is 3. The Morgan fingerprint density at radius 2 is 1.86 bits per heavy atom. The molecule has 0 saturated heterocycles. The summed E-state index contributed by atoms with van der Waals surface area (Å²) in [6.07, 6.45) is 7.54. The van der Waals surface area contributed by atoms with Crippen molar-refractivity contribution >= 4 is 20.5 Å². The molecule has 0 aliphatic heterocycles. The third-order valence-corrected chi connectivity index (χ3v) is 8.29. The second-order valence-electron chi connectivity index (χ2n) is 6.59. The molecular weight excluding hydrogens is 290 g/mol. The van der Waals surface area contributed by atoms with Gasteiger partial charge in [0.25, 0.3) is 0 Å². The zero-order valence-corrected chi connectivity index (χ0v) is 16.5. The van der Waals surface area contributed by atoms with Crippen LogP contribution >= 0.6 is 0 Å². The van der Waals surface area contributed by atoms with Crippen LogP contribution < -0.4 is 5.32 Å². The molecule has 4 nitrogen and oxygen atoms in total. The maximum atomic E-state index is 6.18. The summed E-state index contributed by atoms with van der Waals surface area (Å²) in [6, 6.07) is 0. The van der Waals surface area contributed by atoms with E-state index in [0.29, 0.717) is 6.61 Å². The number of aliphatic imine (C=N–C) groups is 2. The van der Waals surface area contributed by atoms with Crippen LogP contribution in [-0.4, -0.2) is 33.6 Å². The van der Waals surface area contributed by atoms with Crippen molar-refractivity contribution in [3.05, 3.63) is 23.9 Å². The summed E-state index contributed by atoms with van der Waals surface area (Å²) in [5, 5.41) is 3.31. The first-order chi connectivity index (χ1) is 10.2. The molecule has 0 aromatic rings. The SMILES string of the molecule is C/C=C\C(=NCC)NC=N/C(=C\C)CO[Si](C)(C)C(C)(C)C. The van der Waals surface area contributed by atoms with Crippen LogP contribution in [0, 0.1) is 0 Å². The minimum absolute atomic E-state index is 0.209. The molecule has 0 heterocycles. The lowest BCUT2D eigenvalue weighted by Gasteiger charge is -2.36. The lowest BCUT2D eigenvalue weighted by molar-refractivity contribution is 0.317. The minimum atomic E-state index is -1.74. The van der Waals surface area contributed by atoms with Gasteiger partial charge in [0.1, 0.15) is 5.84 Å². The maximum Gasteiger partial charge on any atom is 0.192 e. The van der Waals surface area contributed by atoms with Gasteiger partial charge in [-0.3, -0.25) is 4.99 Å². The Morgan fingerprint density at radius 1 is 1.23 bits per heavy atom. The zero-order valence-electron chi connectivity index (χ0n) is 15.5. The Bertz CT molecular complexity index is 443. The molecule has 0 amide bonds. The Kier molecular flexibility index (Phi) is 9.21. The first-order valence-electron chi connectivity index (χ1n) is 7.93. The van der Waals surface area contributed by atoms with Gasteiger partial charge >= 0.3 is 0 Å². The molecule has 0 aliphatic carbocycles. The predicted molar refractivity (Wildman–Crippen MR) is 101 cm³/mol. The van der Waals surface area contributed by atoms with Crippen molar-refractivity contribution in [3.63, 3.8) is 0 Å². The number of nitrogens with zero attached hydrogens (tertiary/aromatic N) is 2. The first kappa shape index (κ1) is 20.8. The number of rotatable bonds is 7. The summed E-state index contributed by atoms with van der Waals surface area (Å²) in [7, 11) is -1.74. The molecule has 0 aromatic heterocycles. The molecule has 1 N–H and O–H groups in total. The van der Waals surface area contributed by atoms with Gasteiger partial charge in [0.15, 0.2) is 8.32 Å². The van der Waals surface area contributed by atoms with Gasteiger partial charge in [-0.1, -0.05) is 32.9 Å². The highest BCUT2D eigenvalue weighted by molar-refractivity contribution is 6.74. The van der Waals surface area contributed by atoms with Crippen LogP contribution in [0.5, 0.6) is 0 Å². The van der Waals surface area contributed by atoms with Gasteiger partial charge in [0.2, 0.25) is 0 Å². The number of amidine groups is 1. The summed E-state index contributed by atoms with van der Waals surface area (Å²) < 4.78 is 6.18. The van der Waals surface area contributed by atoms with Gasteiger partial charge in [-0.15, -0.1) is 0 Å². The topological polar surface area (TPSA) is 46.0 Å². The van der Waals surface area contributed by atoms with Gasteiger partial charge < -0.3 is 9.74 Å². The average Bonchev–Trinajstić information content (AvgIpc) is 2.41. The van der Waals surface area contributed by atoms with Gasteiger partial charge in [-0.2, -0.15) is 0 Å². The molecule has 5 heteroatoms. The smallest absolute Gasteiger partial charge is 0.192 e. The highest BCUT2D eigenvalue weighted by Gasteiger charge is 2.37. The number of allylic oxidation sites excluding steroid dienone is 2. The normalized spacial score (nSPS) is 15.1. The molecule has 0 atom stereocenters. The Balaban J connectivity index is 4.63. The van der Waals surface area contributed by atoms with Gasteiger partial charge in [-0.25, -0.2) is 4.99 Å². The van der Waals surface area contributed by atoms with E-state index in [1.807, 2.05) is 39.0 Å². The minimum Gasteiger partial charge on any atom is -0.411 e. The van der Waals surface area contributed by atoms with Crippen molar-refractivity contribution in [1.29, 1.82) is 0 Å². The molecule has 126 valence electrons. The van der Waals surface area contributed by atoms with Gasteiger partial charge in [0.05, 0.1) is 18.6 Å². The van der Waals surface area contributed by atoms with E-state index in [9.17, 15) is 0 Å². The molecule has 0 rings (SSSR count). The largest absolute Gasteiger partial charge is 0.411 e. The van der Waals surface area contributed by atoms with E-state index < -0.39 is 8.32 Å². The molecule has 0 fully saturated rings. The summed E-state index contributed by atoms with van der Waals surface area (Å²) in [5.41, 5.74) is 0.925. The van der Waals surface area contributed by atoms with Crippen molar-refractivity contribution in [2.75, 3.05) is 13.2 Å². The van der Waals surface area contributed by atoms with Crippen LogP contribution in [0.15, 0.2) is 33.9 Å². The van der Waals surface area contributed by atoms with Crippen molar-refractivity contribution in [2.45, 2.75) is 59.7 Å². The van der Waals surface area contributed by atoms with Crippen molar-refractivity contribution < 1.29 is 4.43 Å². The monoisotopic (exact) mass is 323 g/mol. The highest BCUT2D eigenvalue weighted by Crippen LogP contribution is 2.36. The van der Waals surface area contributed by atoms with Crippen LogP contribution in [0.3, 0.4) is 0 Å². The van der Waals surface area contributed by atoms with E-state index in [1.54, 1.807) is 6.34 Å². The number of hydrogen-bond donors (Lipinski definition) is 1. The molecule has 0 unspecified atom stereocenters. The predicted octanol–water partition coefficient (Wildman–Crippen LogP) is 4.52. The molecule has 22 heavy (non-hydrogen) atoms. The lowest BCUT2D eigenvalue weighted by atomic mass is 10.2. The number of nitrogens with one attached hydrogen (secondary N) is 1. The summed E-state index contributed by atoms with van der Waals surface area (Å²) >= 11 is 0. The Morgan fingerprint density at radius 3 is 2.32 bits per heavy atom. The second-order valence-corrected chi connectivity index (χ2v) is 11.4. The fourth-order valence-corrected chi connectivity index (χ4v) is 2.26. The maximum absolute atomic E-state index is 6.18. The van der Waals surface area contributed by atoms with Crippen molar-refractivity contribution in [1.82, 2.24) is 5.32 Å². The highest BCUT2D eigenvalue weighted by atomic mass is 28.4. The summed E-state index contributed by atoms with van der Waals surface area (Å²) in [4.78, 5) is 8.78. The fraction of sp³-hybridized carbons (Fsp3) is 0.647. The summed E-state index contributed by atoms with van der Waals surface area (Å²) in [6.45, 7) is 18.5. The standard InChI is InChI=1S/C17H33N3OSi/c1-9-12-16(18-11-3)20-14-19-15(10-2)13-21-22(7,8)17(4,5)6/h9-10,12,14H,11,13H2,1-8H3,(H,18,19,20)/b12-9-,15-10-. The van der Waals surface area contributed by atoms with Gasteiger partial charge in [0, 0.05) is 6.54 Å². The molecule has 0 saturated carbocycles. The molecule has 0 aromatic carbocycles. The zero-order chi connectivity index (χ0) is 17.2. The van der Waals surface area contributed by atoms with Crippen LogP contribution in [0.2, 0.25) is 18.1 Å². The molecule has 0 radical (unpaired) electrons. The van der Waals surface area contributed by atoms with Crippen LogP contribution in [-0.2, 0) is 4.43 Å². The van der Waals surface area contributed by atoms with Crippen LogP contribution in [0.4, 0.5) is 0 Å². The van der Waals surface area contributed by atoms with E-state index in [-0.39, 0.29) is 5.04 Å². The van der Waals surface area contributed by atoms with E-state index >= 15 is 0 Å². The molecule has 0 bridgehead atoms. The quantitative estimate of drug-likeness (QED) is 0.425. The van der Waals surface area contributed by atoms with Gasteiger partial charge in [-0.05, 0) is 45.0 Å². The van der Waals surface area contributed by atoms with E-state index in [2.05, 4.69) is 49.2 Å². The molecule has 0 aliphatic rings. The van der Waals surface area contributed by atoms with E-state index in [1.165, 1.54) is 0 Å². The van der Waals surface area contributed by atoms with Crippen molar-refractivity contribution in [2.24, 2.45) is 9.98 Å². The van der Waals surface area contributed by atoms with E-state index in [0.717, 1.165) is 18.1 Å². The second kappa shape index (κ2) is 9.74. The first-order valence-corrected chi connectivity index (χ1v) is 10.8. The van der Waals surface area contributed by atoms with Crippen molar-refractivity contribution in [3.8, 4) is 0 Å². The fourth-order valence-electron chi connectivity index (χ4n) is 1.32. The van der Waals surface area contributed by atoms with E-state index in [4.69, 9.17) is 4.43 Å². The Hall–Kier alpha value is -1.20. The van der Waals surface area contributed by atoms with Crippen LogP contribution in [0.1, 0.15) is 41.5 Å². The lowest BCUT2D eigenvalue weighted by Crippen LogP contribution is -2.41. The third-order valence-electron chi connectivity index (χ3n) is 3.82. The molecule has 0 spiro atoms.